The van der Waals surface area contributed by atoms with Crippen LogP contribution in [0.15, 0.2) is 47.5 Å². The summed E-state index contributed by atoms with van der Waals surface area (Å²) in [4.78, 5) is 15.7. The third kappa shape index (κ3) is 1.70. The molecule has 1 N–H and O–H groups in total. The first-order valence-corrected chi connectivity index (χ1v) is 5.73. The van der Waals surface area contributed by atoms with Gasteiger partial charge < -0.3 is 5.11 Å². The lowest BCUT2D eigenvalue weighted by molar-refractivity contribution is 0.0696. The molecule has 1 aliphatic heterocycles. The second kappa shape index (κ2) is 4.11. The Hall–Kier alpha value is -2.42. The number of carbonyl (C=O) groups is 1. The van der Waals surface area contributed by atoms with Gasteiger partial charge in [0.2, 0.25) is 0 Å². The van der Waals surface area contributed by atoms with Crippen molar-refractivity contribution in [2.45, 2.75) is 6.42 Å². The zero-order valence-electron chi connectivity index (χ0n) is 9.63. The summed E-state index contributed by atoms with van der Waals surface area (Å²) in [6, 6.07) is 13.1. The second-order valence-corrected chi connectivity index (χ2v) is 4.24. The maximum absolute atomic E-state index is 11.3. The van der Waals surface area contributed by atoms with E-state index in [9.17, 15) is 9.90 Å². The summed E-state index contributed by atoms with van der Waals surface area (Å²) in [6.07, 6.45) is 2.35. The lowest BCUT2D eigenvalue weighted by atomic mass is 9.95. The van der Waals surface area contributed by atoms with E-state index in [1.165, 1.54) is 0 Å². The fourth-order valence-corrected chi connectivity index (χ4v) is 2.24. The molecule has 2 aromatic carbocycles. The van der Waals surface area contributed by atoms with Crippen LogP contribution in [0.25, 0.3) is 0 Å². The van der Waals surface area contributed by atoms with Crippen LogP contribution in [0.4, 0.5) is 5.69 Å². The molecule has 18 heavy (non-hydrogen) atoms. The van der Waals surface area contributed by atoms with Crippen LogP contribution < -0.4 is 0 Å². The zero-order chi connectivity index (χ0) is 12.5. The molecule has 3 heteroatoms. The largest absolute Gasteiger partial charge is 0.478 e. The van der Waals surface area contributed by atoms with E-state index in [2.05, 4.69) is 4.99 Å². The minimum Gasteiger partial charge on any atom is -0.478 e. The Bertz CT molecular complexity index is 659. The highest BCUT2D eigenvalue weighted by molar-refractivity contribution is 5.95. The molecule has 0 atom stereocenters. The average Bonchev–Trinajstić information content (AvgIpc) is 2.57. The topological polar surface area (TPSA) is 49.7 Å². The van der Waals surface area contributed by atoms with E-state index in [-0.39, 0.29) is 0 Å². The zero-order valence-corrected chi connectivity index (χ0v) is 9.63. The van der Waals surface area contributed by atoms with Gasteiger partial charge in [-0.1, -0.05) is 30.3 Å². The molecular weight excluding hydrogens is 226 g/mol. The quantitative estimate of drug-likeness (QED) is 0.707. The maximum Gasteiger partial charge on any atom is 0.335 e. The van der Waals surface area contributed by atoms with Gasteiger partial charge in [-0.15, -0.1) is 0 Å². The Labute approximate surface area is 104 Å². The van der Waals surface area contributed by atoms with Gasteiger partial charge >= 0.3 is 5.97 Å². The van der Waals surface area contributed by atoms with Gasteiger partial charge in [0.05, 0.1) is 11.3 Å². The van der Waals surface area contributed by atoms with Gasteiger partial charge in [0.15, 0.2) is 0 Å². The van der Waals surface area contributed by atoms with Crippen molar-refractivity contribution in [2.75, 3.05) is 0 Å². The number of fused-ring (bicyclic) bond motifs is 2. The number of aromatic carboxylic acids is 1. The van der Waals surface area contributed by atoms with Crippen molar-refractivity contribution in [3.05, 3.63) is 64.7 Å². The molecule has 1 heterocycles. The highest BCUT2D eigenvalue weighted by Gasteiger charge is 2.16. The molecule has 0 spiro atoms. The standard InChI is InChI=1S/C15H11NO2/c17-15(18)12-6-3-5-11-9-16-14-7-2-1-4-10(14)8-13(11)12/h1-7,9H,8H2,(H,17,18). The Morgan fingerprint density at radius 3 is 2.78 bits per heavy atom. The molecule has 0 aromatic heterocycles. The van der Waals surface area contributed by atoms with Gasteiger partial charge in [-0.25, -0.2) is 4.79 Å². The van der Waals surface area contributed by atoms with Crippen molar-refractivity contribution in [3.8, 4) is 0 Å². The Morgan fingerprint density at radius 2 is 1.94 bits per heavy atom. The first-order valence-electron chi connectivity index (χ1n) is 5.73. The van der Waals surface area contributed by atoms with Crippen molar-refractivity contribution < 1.29 is 9.90 Å². The molecule has 0 amide bonds. The van der Waals surface area contributed by atoms with Crippen LogP contribution in [-0.2, 0) is 6.42 Å². The van der Waals surface area contributed by atoms with Crippen LogP contribution in [0.1, 0.15) is 27.0 Å². The fraction of sp³-hybridized carbons (Fsp3) is 0.0667. The summed E-state index contributed by atoms with van der Waals surface area (Å²) >= 11 is 0. The van der Waals surface area contributed by atoms with Gasteiger partial charge in [0.1, 0.15) is 0 Å². The van der Waals surface area contributed by atoms with E-state index in [0.717, 1.165) is 22.4 Å². The number of nitrogens with zero attached hydrogens (tertiary/aromatic N) is 1. The smallest absolute Gasteiger partial charge is 0.335 e. The third-order valence-corrected chi connectivity index (χ3v) is 3.14. The highest BCUT2D eigenvalue weighted by Crippen LogP contribution is 2.28. The van der Waals surface area contributed by atoms with Gasteiger partial charge in [-0.05, 0) is 28.8 Å². The first-order chi connectivity index (χ1) is 8.75. The molecule has 0 saturated carbocycles. The summed E-state index contributed by atoms with van der Waals surface area (Å²) in [5.74, 6) is -0.889. The summed E-state index contributed by atoms with van der Waals surface area (Å²) in [5.41, 5.74) is 4.03. The van der Waals surface area contributed by atoms with Crippen LogP contribution >= 0.6 is 0 Å². The minimum absolute atomic E-state index is 0.357. The molecule has 88 valence electrons. The van der Waals surface area contributed by atoms with Crippen molar-refractivity contribution in [3.63, 3.8) is 0 Å². The van der Waals surface area contributed by atoms with Crippen molar-refractivity contribution in [2.24, 2.45) is 4.99 Å². The second-order valence-electron chi connectivity index (χ2n) is 4.24. The number of hydrogen-bond acceptors (Lipinski definition) is 2. The molecule has 0 aliphatic carbocycles. The van der Waals surface area contributed by atoms with E-state index in [4.69, 9.17) is 0 Å². The van der Waals surface area contributed by atoms with Crippen molar-refractivity contribution in [1.82, 2.24) is 0 Å². The van der Waals surface area contributed by atoms with Crippen LogP contribution in [-0.4, -0.2) is 17.3 Å². The monoisotopic (exact) mass is 237 g/mol. The predicted molar refractivity (Wildman–Crippen MR) is 69.9 cm³/mol. The highest BCUT2D eigenvalue weighted by atomic mass is 16.4. The van der Waals surface area contributed by atoms with E-state index in [0.29, 0.717) is 12.0 Å². The molecule has 0 radical (unpaired) electrons. The number of aliphatic imine (C=N–C) groups is 1. The van der Waals surface area contributed by atoms with Crippen molar-refractivity contribution >= 4 is 17.9 Å². The number of carboxylic acids is 1. The van der Waals surface area contributed by atoms with Crippen LogP contribution in [0.3, 0.4) is 0 Å². The number of benzene rings is 2. The predicted octanol–water partition coefficient (Wildman–Crippen LogP) is 3.04. The van der Waals surface area contributed by atoms with E-state index < -0.39 is 5.97 Å². The normalized spacial score (nSPS) is 12.4. The molecule has 0 unspecified atom stereocenters. The lowest BCUT2D eigenvalue weighted by Crippen LogP contribution is -2.05. The summed E-state index contributed by atoms with van der Waals surface area (Å²) < 4.78 is 0. The Balaban J connectivity index is 2.22. The van der Waals surface area contributed by atoms with Gasteiger partial charge in [-0.3, -0.25) is 4.99 Å². The minimum atomic E-state index is -0.889. The van der Waals surface area contributed by atoms with Crippen LogP contribution in [0, 0.1) is 0 Å². The first kappa shape index (κ1) is 10.7. The molecule has 1 aliphatic rings. The SMILES string of the molecule is O=C(O)c1cccc2c1Cc1ccccc1N=C2. The molecule has 0 fully saturated rings. The molecule has 0 saturated heterocycles. The summed E-state index contributed by atoms with van der Waals surface area (Å²) in [6.45, 7) is 0. The Morgan fingerprint density at radius 1 is 1.11 bits per heavy atom. The number of rotatable bonds is 1. The van der Waals surface area contributed by atoms with E-state index in [1.807, 2.05) is 30.3 Å². The van der Waals surface area contributed by atoms with Gasteiger partial charge in [0.25, 0.3) is 0 Å². The molecular formula is C15H11NO2. The van der Waals surface area contributed by atoms with E-state index in [1.54, 1.807) is 18.3 Å². The third-order valence-electron chi connectivity index (χ3n) is 3.14. The molecule has 0 bridgehead atoms. The van der Waals surface area contributed by atoms with Gasteiger partial charge in [0, 0.05) is 12.6 Å². The van der Waals surface area contributed by atoms with Crippen molar-refractivity contribution in [1.29, 1.82) is 0 Å². The molecule has 2 aromatic rings. The summed E-state index contributed by atoms with van der Waals surface area (Å²) in [5, 5.41) is 9.24. The van der Waals surface area contributed by atoms with Crippen LogP contribution in [0.2, 0.25) is 0 Å². The fourth-order valence-electron chi connectivity index (χ4n) is 2.24. The number of carboxylic acid groups (broad SMARTS) is 1. The number of para-hydroxylation sites is 1. The van der Waals surface area contributed by atoms with Crippen LogP contribution in [0.5, 0.6) is 0 Å². The Kier molecular flexibility index (Phi) is 2.45. The molecule has 3 nitrogen and oxygen atoms in total. The molecule has 3 rings (SSSR count). The average molecular weight is 237 g/mol. The lowest BCUT2D eigenvalue weighted by Gasteiger charge is -2.08. The maximum atomic E-state index is 11.3. The number of hydrogen-bond donors (Lipinski definition) is 1. The van der Waals surface area contributed by atoms with Gasteiger partial charge in [-0.2, -0.15) is 0 Å². The summed E-state index contributed by atoms with van der Waals surface area (Å²) in [7, 11) is 0. The van der Waals surface area contributed by atoms with E-state index >= 15 is 0 Å².